The minimum atomic E-state index is -0.407. The van der Waals surface area contributed by atoms with Crippen molar-refractivity contribution in [1.29, 1.82) is 0 Å². The van der Waals surface area contributed by atoms with Gasteiger partial charge in [-0.05, 0) is 25.1 Å². The van der Waals surface area contributed by atoms with Crippen molar-refractivity contribution in [3.63, 3.8) is 0 Å². The molecule has 1 aromatic carbocycles. The first kappa shape index (κ1) is 7.98. The molecular weight excluding hydrogens is 169 g/mol. The van der Waals surface area contributed by atoms with Gasteiger partial charge in [-0.15, -0.1) is 0 Å². The lowest BCUT2D eigenvalue weighted by Gasteiger charge is -2.12. The Hall–Kier alpha value is -1.64. The van der Waals surface area contributed by atoms with Gasteiger partial charge in [-0.3, -0.25) is 10.1 Å². The van der Waals surface area contributed by atoms with Crippen molar-refractivity contribution >= 4 is 11.5 Å². The molecule has 1 heterocycles. The van der Waals surface area contributed by atoms with Crippen LogP contribution in [0, 0.1) is 5.82 Å². The fourth-order valence-electron chi connectivity index (χ4n) is 1.29. The van der Waals surface area contributed by atoms with Crippen LogP contribution in [-0.2, 0) is 0 Å². The topological polar surface area (TPSA) is 31.2 Å². The maximum Gasteiger partial charge on any atom is 0.189 e. The first-order chi connectivity index (χ1) is 6.16. The molecule has 2 rings (SSSR count). The van der Waals surface area contributed by atoms with Gasteiger partial charge >= 0.3 is 0 Å². The summed E-state index contributed by atoms with van der Waals surface area (Å²) >= 11 is 0. The Morgan fingerprint density at radius 1 is 1.38 bits per heavy atom. The fraction of sp³-hybridized carbons (Fsp3) is 0.100. The predicted octanol–water partition coefficient (Wildman–Crippen LogP) is 2.16. The van der Waals surface area contributed by atoms with Crippen LogP contribution in [0.15, 0.2) is 30.0 Å². The number of ketones is 1. The number of fused-ring (bicyclic) bond motifs is 1. The van der Waals surface area contributed by atoms with E-state index in [1.54, 1.807) is 6.92 Å². The minimum Gasteiger partial charge on any atom is -0.289 e. The Labute approximate surface area is 75.1 Å². The van der Waals surface area contributed by atoms with E-state index >= 15 is 0 Å². The Kier molecular flexibility index (Phi) is 1.65. The molecule has 0 amide bonds. The molecule has 1 aliphatic rings. The summed E-state index contributed by atoms with van der Waals surface area (Å²) in [7, 11) is 0. The van der Waals surface area contributed by atoms with E-state index in [-0.39, 0.29) is 5.78 Å². The number of rotatable bonds is 0. The Bertz CT molecular complexity index is 409. The number of allylic oxidation sites excluding steroid dienone is 2. The molecule has 1 aliphatic heterocycles. The van der Waals surface area contributed by atoms with E-state index in [0.29, 0.717) is 16.9 Å². The maximum absolute atomic E-state index is 12.8. The van der Waals surface area contributed by atoms with Crippen LogP contribution in [0.1, 0.15) is 17.3 Å². The van der Waals surface area contributed by atoms with Crippen LogP contribution >= 0.6 is 0 Å². The lowest BCUT2D eigenvalue weighted by atomic mass is 10.0. The zero-order valence-corrected chi connectivity index (χ0v) is 7.04. The molecule has 65 valence electrons. The van der Waals surface area contributed by atoms with E-state index in [4.69, 9.17) is 0 Å². The van der Waals surface area contributed by atoms with Crippen molar-refractivity contribution in [2.24, 2.45) is 0 Å². The highest BCUT2D eigenvalue weighted by molar-refractivity contribution is 6.09. The quantitative estimate of drug-likeness (QED) is 0.596. The van der Waals surface area contributed by atoms with Gasteiger partial charge in [0.2, 0.25) is 0 Å². The molecule has 3 heteroatoms. The second-order valence-electron chi connectivity index (χ2n) is 2.92. The van der Waals surface area contributed by atoms with Crippen LogP contribution in [0.4, 0.5) is 10.1 Å². The molecule has 0 bridgehead atoms. The van der Waals surface area contributed by atoms with Gasteiger partial charge in [0.25, 0.3) is 0 Å². The number of benzene rings is 1. The Morgan fingerprint density at radius 2 is 2.15 bits per heavy atom. The fourth-order valence-corrected chi connectivity index (χ4v) is 1.29. The third-order valence-corrected chi connectivity index (χ3v) is 1.86. The van der Waals surface area contributed by atoms with Crippen LogP contribution in [0.3, 0.4) is 0 Å². The zero-order valence-electron chi connectivity index (χ0n) is 7.04. The molecular formula is C10H7FNO. The van der Waals surface area contributed by atoms with Crippen molar-refractivity contribution < 1.29 is 9.18 Å². The molecule has 0 saturated heterocycles. The number of nitrogens with zero attached hydrogens (tertiary/aromatic N) is 1. The van der Waals surface area contributed by atoms with Gasteiger partial charge in [-0.1, -0.05) is 0 Å². The van der Waals surface area contributed by atoms with Crippen LogP contribution in [0.5, 0.6) is 0 Å². The monoisotopic (exact) mass is 176 g/mol. The molecule has 0 fully saturated rings. The van der Waals surface area contributed by atoms with Crippen LogP contribution < -0.4 is 5.32 Å². The number of hydrogen-bond acceptors (Lipinski definition) is 1. The molecule has 1 aromatic rings. The van der Waals surface area contributed by atoms with Gasteiger partial charge in [0.15, 0.2) is 5.78 Å². The van der Waals surface area contributed by atoms with E-state index in [1.165, 1.54) is 24.3 Å². The smallest absolute Gasteiger partial charge is 0.189 e. The van der Waals surface area contributed by atoms with Gasteiger partial charge in [0.05, 0.1) is 11.3 Å². The minimum absolute atomic E-state index is 0.179. The highest BCUT2D eigenvalue weighted by Gasteiger charge is 2.16. The van der Waals surface area contributed by atoms with Gasteiger partial charge < -0.3 is 0 Å². The Morgan fingerprint density at radius 3 is 2.92 bits per heavy atom. The molecule has 0 atom stereocenters. The van der Waals surface area contributed by atoms with Gasteiger partial charge in [-0.2, -0.15) is 0 Å². The van der Waals surface area contributed by atoms with Crippen molar-refractivity contribution in [2.75, 3.05) is 0 Å². The highest BCUT2D eigenvalue weighted by Crippen LogP contribution is 2.23. The summed E-state index contributed by atoms with van der Waals surface area (Å²) in [4.78, 5) is 11.3. The predicted molar refractivity (Wildman–Crippen MR) is 46.3 cm³/mol. The van der Waals surface area contributed by atoms with E-state index in [9.17, 15) is 9.18 Å². The summed E-state index contributed by atoms with van der Waals surface area (Å²) in [5.74, 6) is -0.586. The maximum atomic E-state index is 12.8. The number of carbonyl (C=O) groups is 1. The lowest BCUT2D eigenvalue weighted by molar-refractivity contribution is 0.104. The number of carbonyl (C=O) groups excluding carboxylic acids is 1. The van der Waals surface area contributed by atoms with E-state index in [0.717, 1.165) is 0 Å². The zero-order chi connectivity index (χ0) is 9.42. The highest BCUT2D eigenvalue weighted by atomic mass is 19.1. The SMILES string of the molecule is CC1=CC(=O)c2cc(F)ccc2[N]1. The lowest BCUT2D eigenvalue weighted by Crippen LogP contribution is -2.10. The van der Waals surface area contributed by atoms with E-state index in [2.05, 4.69) is 5.32 Å². The molecule has 0 unspecified atom stereocenters. The van der Waals surface area contributed by atoms with Crippen molar-refractivity contribution in [3.8, 4) is 0 Å². The number of hydrogen-bond donors (Lipinski definition) is 0. The molecule has 2 nitrogen and oxygen atoms in total. The van der Waals surface area contributed by atoms with E-state index < -0.39 is 5.82 Å². The second-order valence-corrected chi connectivity index (χ2v) is 2.92. The van der Waals surface area contributed by atoms with Crippen LogP contribution in [0.2, 0.25) is 0 Å². The summed E-state index contributed by atoms with van der Waals surface area (Å²) in [6.45, 7) is 1.74. The molecule has 0 aromatic heterocycles. The van der Waals surface area contributed by atoms with Crippen LogP contribution in [-0.4, -0.2) is 5.78 Å². The molecule has 0 aliphatic carbocycles. The molecule has 13 heavy (non-hydrogen) atoms. The second kappa shape index (κ2) is 2.69. The van der Waals surface area contributed by atoms with Crippen molar-refractivity contribution in [2.45, 2.75) is 6.92 Å². The van der Waals surface area contributed by atoms with Crippen LogP contribution in [0.25, 0.3) is 0 Å². The van der Waals surface area contributed by atoms with Gasteiger partial charge in [0.1, 0.15) is 5.82 Å². The summed E-state index contributed by atoms with van der Waals surface area (Å²) in [6.07, 6.45) is 1.40. The first-order valence-electron chi connectivity index (χ1n) is 3.91. The third-order valence-electron chi connectivity index (χ3n) is 1.86. The molecule has 0 N–H and O–H groups in total. The first-order valence-corrected chi connectivity index (χ1v) is 3.91. The van der Waals surface area contributed by atoms with Gasteiger partial charge in [-0.25, -0.2) is 4.39 Å². The molecule has 0 spiro atoms. The van der Waals surface area contributed by atoms with Crippen molar-refractivity contribution in [1.82, 2.24) is 5.32 Å². The van der Waals surface area contributed by atoms with Gasteiger partial charge in [0, 0.05) is 11.8 Å². The standard InChI is InChI=1S/C10H7FNO/c1-6-4-10(13)8-5-7(11)2-3-9(8)12-6/h2-5H,1H3. The normalized spacial score (nSPS) is 14.6. The third kappa shape index (κ3) is 1.33. The summed E-state index contributed by atoms with van der Waals surface area (Å²) < 4.78 is 12.8. The average molecular weight is 176 g/mol. The Balaban J connectivity index is 2.57. The van der Waals surface area contributed by atoms with Crippen molar-refractivity contribution in [3.05, 3.63) is 41.4 Å². The molecule has 0 saturated carbocycles. The van der Waals surface area contributed by atoms with E-state index in [1.807, 2.05) is 0 Å². The molecule has 1 radical (unpaired) electrons. The number of halogens is 1. The summed E-state index contributed by atoms with van der Waals surface area (Å²) in [5, 5.41) is 4.11. The summed E-state index contributed by atoms with van der Waals surface area (Å²) in [6, 6.07) is 4.03. The average Bonchev–Trinajstić information content (AvgIpc) is 2.06. The summed E-state index contributed by atoms with van der Waals surface area (Å²) in [5.41, 5.74) is 1.54. The largest absolute Gasteiger partial charge is 0.289 e.